The second kappa shape index (κ2) is 24.4. The van der Waals surface area contributed by atoms with Crippen molar-refractivity contribution in [2.75, 3.05) is 19.8 Å². The molecule has 0 rings (SSSR count). The number of hydroxylamine groups is 2. The third-order valence-corrected chi connectivity index (χ3v) is 6.04. The minimum Gasteiger partial charge on any atom is -0.396 e. The first kappa shape index (κ1) is 30.8. The van der Waals surface area contributed by atoms with Crippen LogP contribution in [0.25, 0.3) is 0 Å². The molecular weight excluding hydrogens is 390 g/mol. The van der Waals surface area contributed by atoms with Crippen LogP contribution in [0.1, 0.15) is 136 Å². The lowest BCUT2D eigenvalue weighted by Gasteiger charge is -2.29. The van der Waals surface area contributed by atoms with Crippen molar-refractivity contribution in [1.29, 1.82) is 0 Å². The summed E-state index contributed by atoms with van der Waals surface area (Å²) < 4.78 is 0. The van der Waals surface area contributed by atoms with Crippen LogP contribution in [0.2, 0.25) is 0 Å². The van der Waals surface area contributed by atoms with Crippen molar-refractivity contribution >= 4 is 0 Å². The zero-order valence-electron chi connectivity index (χ0n) is 21.2. The highest BCUT2D eigenvalue weighted by atomic mass is 17.0. The maximum atomic E-state index is 9.23. The van der Waals surface area contributed by atoms with Gasteiger partial charge in [0.05, 0.1) is 18.8 Å². The zero-order valence-corrected chi connectivity index (χ0v) is 21.2. The summed E-state index contributed by atoms with van der Waals surface area (Å²) in [5.41, 5.74) is 0. The van der Waals surface area contributed by atoms with Crippen molar-refractivity contribution in [3.05, 3.63) is 0 Å². The highest BCUT2D eigenvalue weighted by Crippen LogP contribution is 2.15. The van der Waals surface area contributed by atoms with Gasteiger partial charge in [-0.2, -0.15) is 0 Å². The average Bonchev–Trinajstić information content (AvgIpc) is 2.78. The van der Waals surface area contributed by atoms with E-state index in [1.54, 1.807) is 5.23 Å². The molecule has 5 nitrogen and oxygen atoms in total. The Labute approximate surface area is 193 Å². The number of rotatable bonds is 25. The summed E-state index contributed by atoms with van der Waals surface area (Å²) in [4.78, 5) is 12.0. The first-order valence-corrected chi connectivity index (χ1v) is 13.5. The Morgan fingerprint density at radius 3 is 1.23 bits per heavy atom. The minimum absolute atomic E-state index is 0.0247. The molecule has 0 aliphatic heterocycles. The van der Waals surface area contributed by atoms with E-state index in [1.165, 1.54) is 83.5 Å². The molecule has 2 atom stereocenters. The number of unbranched alkanes of at least 4 members (excludes halogenated alkanes) is 13. The lowest BCUT2D eigenvalue weighted by molar-refractivity contribution is -0.404. The van der Waals surface area contributed by atoms with Gasteiger partial charge in [-0.1, -0.05) is 109 Å². The molecule has 0 heterocycles. The van der Waals surface area contributed by atoms with Crippen LogP contribution in [0.3, 0.4) is 0 Å². The third kappa shape index (κ3) is 20.2. The zero-order chi connectivity index (χ0) is 23.0. The van der Waals surface area contributed by atoms with Gasteiger partial charge in [0.25, 0.3) is 0 Å². The first-order chi connectivity index (χ1) is 15.2. The summed E-state index contributed by atoms with van der Waals surface area (Å²) >= 11 is 0. The van der Waals surface area contributed by atoms with Gasteiger partial charge >= 0.3 is 0 Å². The molecule has 0 aromatic carbocycles. The van der Waals surface area contributed by atoms with Crippen LogP contribution < -0.4 is 0 Å². The van der Waals surface area contributed by atoms with Gasteiger partial charge < -0.3 is 10.2 Å². The number of hydrogen-bond acceptors (Lipinski definition) is 5. The molecule has 2 unspecified atom stereocenters. The van der Waals surface area contributed by atoms with Gasteiger partial charge in [-0.15, -0.1) is 0 Å². The van der Waals surface area contributed by atoms with Gasteiger partial charge in [0.1, 0.15) is 0 Å². The quantitative estimate of drug-likeness (QED) is 0.117. The maximum absolute atomic E-state index is 9.23. The molecule has 0 aromatic rings. The van der Waals surface area contributed by atoms with E-state index in [4.69, 9.17) is 9.68 Å². The minimum atomic E-state index is -0.0247. The summed E-state index contributed by atoms with van der Waals surface area (Å²) in [5, 5.41) is 20.1. The topological polar surface area (TPSA) is 62.2 Å². The summed E-state index contributed by atoms with van der Waals surface area (Å²) in [7, 11) is 0. The Hall–Kier alpha value is -0.200. The monoisotopic (exact) mass is 445 g/mol. The molecule has 0 radical (unpaired) electrons. The average molecular weight is 446 g/mol. The molecule has 0 aromatic heterocycles. The molecule has 0 fully saturated rings. The SMILES string of the molecule is CCCCCCCCCCCCCCCCN(OC(CC)CCO)OC(CC)CCO. The predicted molar refractivity (Wildman–Crippen MR) is 131 cm³/mol. The van der Waals surface area contributed by atoms with Crippen molar-refractivity contribution in [2.45, 2.75) is 149 Å². The second-order valence-electron chi connectivity index (χ2n) is 8.95. The highest BCUT2D eigenvalue weighted by Gasteiger charge is 2.18. The van der Waals surface area contributed by atoms with E-state index < -0.39 is 0 Å². The van der Waals surface area contributed by atoms with E-state index in [2.05, 4.69) is 20.8 Å². The maximum Gasteiger partial charge on any atom is 0.0839 e. The van der Waals surface area contributed by atoms with Gasteiger partial charge in [0.2, 0.25) is 0 Å². The van der Waals surface area contributed by atoms with Crippen molar-refractivity contribution in [2.24, 2.45) is 0 Å². The van der Waals surface area contributed by atoms with E-state index in [1.807, 2.05) is 0 Å². The summed E-state index contributed by atoms with van der Waals surface area (Å²) in [6.45, 7) is 7.39. The smallest absolute Gasteiger partial charge is 0.0839 e. The molecule has 0 amide bonds. The lowest BCUT2D eigenvalue weighted by Crippen LogP contribution is -2.35. The fourth-order valence-corrected chi connectivity index (χ4v) is 3.85. The van der Waals surface area contributed by atoms with Crippen molar-refractivity contribution < 1.29 is 19.9 Å². The highest BCUT2D eigenvalue weighted by molar-refractivity contribution is 4.56. The van der Waals surface area contributed by atoms with Crippen molar-refractivity contribution in [3.63, 3.8) is 0 Å². The molecule has 188 valence electrons. The van der Waals surface area contributed by atoms with Crippen molar-refractivity contribution in [1.82, 2.24) is 5.23 Å². The Balaban J connectivity index is 3.87. The Bertz CT molecular complexity index is 327. The Morgan fingerprint density at radius 1 is 0.548 bits per heavy atom. The second-order valence-corrected chi connectivity index (χ2v) is 8.95. The molecule has 2 N–H and O–H groups in total. The molecule has 0 saturated carbocycles. The molecular formula is C26H55NO4. The van der Waals surface area contributed by atoms with Crippen LogP contribution in [-0.2, 0) is 9.68 Å². The third-order valence-electron chi connectivity index (χ3n) is 6.04. The molecule has 0 spiro atoms. The van der Waals surface area contributed by atoms with Gasteiger partial charge in [0, 0.05) is 13.2 Å². The van der Waals surface area contributed by atoms with E-state index in [0.717, 1.165) is 25.8 Å². The van der Waals surface area contributed by atoms with Crippen LogP contribution in [-0.4, -0.2) is 47.4 Å². The van der Waals surface area contributed by atoms with Crippen LogP contribution in [0.15, 0.2) is 0 Å². The standard InChI is InChI=1S/C26H55NO4/c1-4-7-8-9-10-11-12-13-14-15-16-17-18-19-22-27(30-25(5-2)20-23-28)31-26(6-3)21-24-29/h25-26,28-29H,4-24H2,1-3H3. The largest absolute Gasteiger partial charge is 0.396 e. The summed E-state index contributed by atoms with van der Waals surface area (Å²) in [6.07, 6.45) is 21.7. The fraction of sp³-hybridized carbons (Fsp3) is 1.00. The van der Waals surface area contributed by atoms with Crippen LogP contribution in [0, 0.1) is 0 Å². The number of aliphatic hydroxyl groups excluding tert-OH is 2. The van der Waals surface area contributed by atoms with Crippen LogP contribution in [0.5, 0.6) is 0 Å². The number of aliphatic hydroxyl groups is 2. The molecule has 31 heavy (non-hydrogen) atoms. The van der Waals surface area contributed by atoms with Gasteiger partial charge in [-0.3, -0.25) is 9.68 Å². The first-order valence-electron chi connectivity index (χ1n) is 13.5. The normalized spacial score (nSPS) is 13.7. The fourth-order valence-electron chi connectivity index (χ4n) is 3.85. The number of hydrogen-bond donors (Lipinski definition) is 2. The van der Waals surface area contributed by atoms with Gasteiger partial charge in [0.15, 0.2) is 0 Å². The molecule has 5 heteroatoms. The summed E-state index contributed by atoms with van der Waals surface area (Å²) in [6, 6.07) is 0. The van der Waals surface area contributed by atoms with E-state index >= 15 is 0 Å². The predicted octanol–water partition coefficient (Wildman–Crippen LogP) is 6.95. The van der Waals surface area contributed by atoms with Gasteiger partial charge in [-0.25, -0.2) is 0 Å². The van der Waals surface area contributed by atoms with E-state index in [0.29, 0.717) is 12.8 Å². The Morgan fingerprint density at radius 2 is 0.903 bits per heavy atom. The van der Waals surface area contributed by atoms with Crippen molar-refractivity contribution in [3.8, 4) is 0 Å². The lowest BCUT2D eigenvalue weighted by atomic mass is 10.0. The number of nitrogens with zero attached hydrogens (tertiary/aromatic N) is 1. The van der Waals surface area contributed by atoms with Crippen LogP contribution in [0.4, 0.5) is 0 Å². The van der Waals surface area contributed by atoms with Crippen LogP contribution >= 0.6 is 0 Å². The van der Waals surface area contributed by atoms with E-state index in [-0.39, 0.29) is 25.4 Å². The van der Waals surface area contributed by atoms with Gasteiger partial charge in [-0.05, 0) is 32.1 Å². The molecule has 0 bridgehead atoms. The molecule has 0 aliphatic rings. The van der Waals surface area contributed by atoms with E-state index in [9.17, 15) is 10.2 Å². The molecule has 0 saturated heterocycles. The molecule has 0 aliphatic carbocycles. The Kier molecular flexibility index (Phi) is 24.3. The summed E-state index contributed by atoms with van der Waals surface area (Å²) in [5.74, 6) is 0.